The largest absolute Gasteiger partial charge is 0.423 e. The number of hydrogen-bond donors (Lipinski definition) is 1. The summed E-state index contributed by atoms with van der Waals surface area (Å²) in [5.74, 6) is 0. The van der Waals surface area contributed by atoms with Crippen LogP contribution in [0.3, 0.4) is 0 Å². The van der Waals surface area contributed by atoms with Gasteiger partial charge in [0.15, 0.2) is 0 Å². The fraction of sp³-hybridized carbons (Fsp3) is 0.400. The van der Waals surface area contributed by atoms with Crippen LogP contribution in [-0.4, -0.2) is 6.18 Å². The highest BCUT2D eigenvalue weighted by atomic mass is 19.4. The van der Waals surface area contributed by atoms with Crippen molar-refractivity contribution in [3.63, 3.8) is 0 Å². The van der Waals surface area contributed by atoms with Gasteiger partial charge >= 0.3 is 6.18 Å². The summed E-state index contributed by atoms with van der Waals surface area (Å²) in [6.07, 6.45) is -7.86. The van der Waals surface area contributed by atoms with Crippen molar-refractivity contribution >= 4 is 0 Å². The molecule has 0 heterocycles. The molecule has 1 aromatic carbocycles. The third-order valence-electron chi connectivity index (χ3n) is 2.05. The van der Waals surface area contributed by atoms with E-state index in [1.54, 1.807) is 0 Å². The molecule has 2 N–H and O–H groups in total. The van der Waals surface area contributed by atoms with Crippen LogP contribution < -0.4 is 5.73 Å². The van der Waals surface area contributed by atoms with E-state index in [1.807, 2.05) is 0 Å². The van der Waals surface area contributed by atoms with Gasteiger partial charge in [0.25, 0.3) is 0 Å². The first-order chi connectivity index (χ1) is 6.84. The monoisotopic (exact) mass is 221 g/mol. The minimum absolute atomic E-state index is 0.183. The van der Waals surface area contributed by atoms with E-state index in [0.717, 1.165) is 6.07 Å². The molecule has 0 aliphatic rings. The molecule has 15 heavy (non-hydrogen) atoms. The lowest BCUT2D eigenvalue weighted by Crippen LogP contribution is -2.19. The number of rotatable bonds is 2. The SMILES string of the molecule is CC(N)c1ccccc1C(F)C(F)(F)F. The second-order valence-electron chi connectivity index (χ2n) is 3.32. The Balaban J connectivity index is 3.14. The minimum atomic E-state index is -4.88. The van der Waals surface area contributed by atoms with Crippen molar-refractivity contribution in [1.29, 1.82) is 0 Å². The van der Waals surface area contributed by atoms with Gasteiger partial charge in [-0.15, -0.1) is 0 Å². The molecule has 0 spiro atoms. The molecule has 2 atom stereocenters. The van der Waals surface area contributed by atoms with Crippen LogP contribution in [0.5, 0.6) is 0 Å². The Labute approximate surface area is 84.9 Å². The summed E-state index contributed by atoms with van der Waals surface area (Å²) in [6.45, 7) is 1.52. The molecular formula is C10H11F4N. The molecule has 0 radical (unpaired) electrons. The van der Waals surface area contributed by atoms with E-state index in [-0.39, 0.29) is 5.56 Å². The zero-order chi connectivity index (χ0) is 11.6. The van der Waals surface area contributed by atoms with Gasteiger partial charge in [0.2, 0.25) is 6.17 Å². The Morgan fingerprint density at radius 1 is 1.13 bits per heavy atom. The maximum atomic E-state index is 13.1. The molecule has 2 unspecified atom stereocenters. The first-order valence-corrected chi connectivity index (χ1v) is 4.39. The number of alkyl halides is 4. The van der Waals surface area contributed by atoms with Crippen molar-refractivity contribution in [1.82, 2.24) is 0 Å². The number of nitrogens with two attached hydrogens (primary N) is 1. The normalized spacial score (nSPS) is 16.1. The van der Waals surface area contributed by atoms with E-state index in [4.69, 9.17) is 5.73 Å². The maximum absolute atomic E-state index is 13.1. The average molecular weight is 221 g/mol. The Morgan fingerprint density at radius 3 is 2.00 bits per heavy atom. The topological polar surface area (TPSA) is 26.0 Å². The summed E-state index contributed by atoms with van der Waals surface area (Å²) in [4.78, 5) is 0. The first-order valence-electron chi connectivity index (χ1n) is 4.39. The highest BCUT2D eigenvalue weighted by Gasteiger charge is 2.42. The van der Waals surface area contributed by atoms with E-state index in [1.165, 1.54) is 25.1 Å². The maximum Gasteiger partial charge on any atom is 0.423 e. The Bertz CT molecular complexity index is 332. The molecule has 0 aromatic heterocycles. The Hall–Kier alpha value is -1.10. The summed E-state index contributed by atoms with van der Waals surface area (Å²) in [5, 5.41) is 0. The smallest absolute Gasteiger partial charge is 0.324 e. The second-order valence-corrected chi connectivity index (χ2v) is 3.32. The van der Waals surface area contributed by atoms with Gasteiger partial charge in [0, 0.05) is 6.04 Å². The summed E-state index contributed by atoms with van der Waals surface area (Å²) in [6, 6.07) is 4.78. The van der Waals surface area contributed by atoms with Gasteiger partial charge in [-0.1, -0.05) is 24.3 Å². The molecule has 5 heteroatoms. The van der Waals surface area contributed by atoms with Gasteiger partial charge in [0.05, 0.1) is 0 Å². The highest BCUT2D eigenvalue weighted by Crippen LogP contribution is 2.38. The van der Waals surface area contributed by atoms with Crippen LogP contribution in [0.15, 0.2) is 24.3 Å². The lowest BCUT2D eigenvalue weighted by atomic mass is 9.98. The van der Waals surface area contributed by atoms with Crippen molar-refractivity contribution in [2.45, 2.75) is 25.3 Å². The van der Waals surface area contributed by atoms with Gasteiger partial charge in [-0.05, 0) is 18.1 Å². The molecule has 0 amide bonds. The number of benzene rings is 1. The minimum Gasteiger partial charge on any atom is -0.324 e. The fourth-order valence-corrected chi connectivity index (χ4v) is 1.33. The molecule has 0 bridgehead atoms. The number of halogens is 4. The Morgan fingerprint density at radius 2 is 1.60 bits per heavy atom. The number of hydrogen-bond acceptors (Lipinski definition) is 1. The van der Waals surface area contributed by atoms with Crippen LogP contribution in [0.1, 0.15) is 30.3 Å². The van der Waals surface area contributed by atoms with Gasteiger partial charge in [-0.25, -0.2) is 4.39 Å². The van der Waals surface area contributed by atoms with Gasteiger partial charge in [0.1, 0.15) is 0 Å². The zero-order valence-electron chi connectivity index (χ0n) is 8.05. The molecule has 0 aliphatic heterocycles. The molecule has 1 nitrogen and oxygen atoms in total. The molecule has 84 valence electrons. The van der Waals surface area contributed by atoms with Crippen LogP contribution in [0, 0.1) is 0 Å². The van der Waals surface area contributed by atoms with Crippen molar-refractivity contribution in [3.8, 4) is 0 Å². The first kappa shape index (κ1) is 12.0. The lowest BCUT2D eigenvalue weighted by molar-refractivity contribution is -0.183. The van der Waals surface area contributed by atoms with E-state index in [2.05, 4.69) is 0 Å². The van der Waals surface area contributed by atoms with Crippen molar-refractivity contribution in [2.24, 2.45) is 5.73 Å². The molecule has 1 rings (SSSR count). The Kier molecular flexibility index (Phi) is 3.34. The molecule has 1 aromatic rings. The quantitative estimate of drug-likeness (QED) is 0.762. The molecule has 0 fully saturated rings. The molecule has 0 aliphatic carbocycles. The predicted octanol–water partition coefficient (Wildman–Crippen LogP) is 3.28. The van der Waals surface area contributed by atoms with Gasteiger partial charge in [-0.3, -0.25) is 0 Å². The summed E-state index contributed by atoms with van der Waals surface area (Å²) in [7, 11) is 0. The fourth-order valence-electron chi connectivity index (χ4n) is 1.33. The average Bonchev–Trinajstić information content (AvgIpc) is 2.15. The highest BCUT2D eigenvalue weighted by molar-refractivity contribution is 5.32. The van der Waals surface area contributed by atoms with Crippen LogP contribution in [0.2, 0.25) is 0 Å². The van der Waals surface area contributed by atoms with Crippen LogP contribution in [0.25, 0.3) is 0 Å². The summed E-state index contributed by atoms with van der Waals surface area (Å²) >= 11 is 0. The molecular weight excluding hydrogens is 210 g/mol. The zero-order valence-corrected chi connectivity index (χ0v) is 8.05. The van der Waals surface area contributed by atoms with E-state index >= 15 is 0 Å². The summed E-state index contributed by atoms with van der Waals surface area (Å²) < 4.78 is 49.6. The van der Waals surface area contributed by atoms with E-state index in [0.29, 0.717) is 0 Å². The van der Waals surface area contributed by atoms with Crippen LogP contribution >= 0.6 is 0 Å². The van der Waals surface area contributed by atoms with Crippen molar-refractivity contribution < 1.29 is 17.6 Å². The van der Waals surface area contributed by atoms with Crippen molar-refractivity contribution in [2.75, 3.05) is 0 Å². The summed E-state index contributed by atoms with van der Waals surface area (Å²) in [5.41, 5.74) is 5.24. The second kappa shape index (κ2) is 4.18. The third-order valence-corrected chi connectivity index (χ3v) is 2.05. The van der Waals surface area contributed by atoms with Crippen LogP contribution in [-0.2, 0) is 0 Å². The van der Waals surface area contributed by atoms with E-state index in [9.17, 15) is 17.6 Å². The predicted molar refractivity (Wildman–Crippen MR) is 48.9 cm³/mol. The lowest BCUT2D eigenvalue weighted by Gasteiger charge is -2.18. The van der Waals surface area contributed by atoms with Crippen molar-refractivity contribution in [3.05, 3.63) is 35.4 Å². The molecule has 0 saturated heterocycles. The van der Waals surface area contributed by atoms with E-state index < -0.39 is 24.0 Å². The van der Waals surface area contributed by atoms with Gasteiger partial charge in [-0.2, -0.15) is 13.2 Å². The molecule has 0 saturated carbocycles. The van der Waals surface area contributed by atoms with Gasteiger partial charge < -0.3 is 5.73 Å². The van der Waals surface area contributed by atoms with Crippen LogP contribution in [0.4, 0.5) is 17.6 Å². The third kappa shape index (κ3) is 2.68. The standard InChI is InChI=1S/C10H11F4N/c1-6(15)7-4-2-3-5-8(7)9(11)10(12,13)14/h2-6,9H,15H2,1H3.